The molecule has 7 nitrogen and oxygen atoms in total. The number of hydrazine groups is 1. The quantitative estimate of drug-likeness (QED) is 0.414. The molecule has 29 heavy (non-hydrogen) atoms. The SMILES string of the molecule is CC(=O)NC(C)C(=O)NNC(=O)c1ccc(CSc2nc3ccccc3s2)cc1. The molecule has 0 aliphatic heterocycles. The Morgan fingerprint density at radius 2 is 1.79 bits per heavy atom. The third-order valence-corrected chi connectivity index (χ3v) is 6.22. The molecule has 0 aliphatic carbocycles. The number of aromatic nitrogens is 1. The number of fused-ring (bicyclic) bond motifs is 1. The molecule has 1 unspecified atom stereocenters. The summed E-state index contributed by atoms with van der Waals surface area (Å²) in [5, 5.41) is 2.44. The molecule has 2 aromatic carbocycles. The first kappa shape index (κ1) is 20.8. The molecule has 1 atom stereocenters. The molecular weight excluding hydrogens is 408 g/mol. The molecule has 0 saturated heterocycles. The maximum Gasteiger partial charge on any atom is 0.269 e. The van der Waals surface area contributed by atoms with Gasteiger partial charge < -0.3 is 5.32 Å². The number of carbonyl (C=O) groups excluding carboxylic acids is 3. The molecule has 3 amide bonds. The standard InChI is InChI=1S/C20H20N4O3S2/c1-12(21-13(2)25)18(26)23-24-19(27)15-9-7-14(8-10-15)11-28-20-22-16-5-3-4-6-17(16)29-20/h3-10,12H,11H2,1-2H3,(H,21,25)(H,23,26)(H,24,27). The summed E-state index contributed by atoms with van der Waals surface area (Å²) in [5.74, 6) is -0.512. The molecule has 0 radical (unpaired) electrons. The van der Waals surface area contributed by atoms with E-state index in [0.29, 0.717) is 5.56 Å². The number of nitrogens with zero attached hydrogens (tertiary/aromatic N) is 1. The monoisotopic (exact) mass is 428 g/mol. The number of carbonyl (C=O) groups is 3. The van der Waals surface area contributed by atoms with Crippen molar-refractivity contribution in [1.82, 2.24) is 21.2 Å². The molecule has 3 N–H and O–H groups in total. The smallest absolute Gasteiger partial charge is 0.269 e. The van der Waals surface area contributed by atoms with Gasteiger partial charge in [-0.15, -0.1) is 11.3 Å². The Balaban J connectivity index is 1.50. The lowest BCUT2D eigenvalue weighted by atomic mass is 10.1. The molecule has 3 rings (SSSR count). The van der Waals surface area contributed by atoms with Gasteiger partial charge in [-0.05, 0) is 36.8 Å². The van der Waals surface area contributed by atoms with Crippen molar-refractivity contribution in [3.63, 3.8) is 0 Å². The summed E-state index contributed by atoms with van der Waals surface area (Å²) >= 11 is 3.31. The van der Waals surface area contributed by atoms with Crippen LogP contribution in [0.5, 0.6) is 0 Å². The van der Waals surface area contributed by atoms with Gasteiger partial charge in [0.15, 0.2) is 4.34 Å². The van der Waals surface area contributed by atoms with Gasteiger partial charge in [0.05, 0.1) is 10.2 Å². The lowest BCUT2D eigenvalue weighted by Gasteiger charge is -2.13. The van der Waals surface area contributed by atoms with Crippen LogP contribution < -0.4 is 16.2 Å². The van der Waals surface area contributed by atoms with E-state index in [9.17, 15) is 14.4 Å². The third-order valence-electron chi connectivity index (χ3n) is 3.96. The molecule has 1 heterocycles. The van der Waals surface area contributed by atoms with E-state index in [1.165, 1.54) is 13.8 Å². The Labute approximate surface area is 176 Å². The van der Waals surface area contributed by atoms with Crippen LogP contribution in [0.2, 0.25) is 0 Å². The summed E-state index contributed by atoms with van der Waals surface area (Å²) in [7, 11) is 0. The number of rotatable bonds is 6. The van der Waals surface area contributed by atoms with E-state index in [0.717, 1.165) is 25.9 Å². The number of amides is 3. The number of thioether (sulfide) groups is 1. The summed E-state index contributed by atoms with van der Waals surface area (Å²) in [6, 6.07) is 14.4. The van der Waals surface area contributed by atoms with Crippen molar-refractivity contribution in [2.45, 2.75) is 30.0 Å². The number of hydrogen-bond donors (Lipinski definition) is 3. The summed E-state index contributed by atoms with van der Waals surface area (Å²) in [6.07, 6.45) is 0. The first-order chi connectivity index (χ1) is 13.9. The normalized spacial score (nSPS) is 11.7. The second-order valence-electron chi connectivity index (χ2n) is 6.30. The van der Waals surface area contributed by atoms with E-state index in [1.54, 1.807) is 35.2 Å². The van der Waals surface area contributed by atoms with Crippen LogP contribution in [0.25, 0.3) is 10.2 Å². The Hall–Kier alpha value is -2.91. The van der Waals surface area contributed by atoms with Gasteiger partial charge in [-0.2, -0.15) is 0 Å². The van der Waals surface area contributed by atoms with Gasteiger partial charge in [-0.25, -0.2) is 4.98 Å². The summed E-state index contributed by atoms with van der Waals surface area (Å²) in [5.41, 5.74) is 7.13. The van der Waals surface area contributed by atoms with Gasteiger partial charge in [0.2, 0.25) is 5.91 Å². The number of para-hydroxylation sites is 1. The third kappa shape index (κ3) is 5.78. The minimum atomic E-state index is -0.741. The zero-order valence-corrected chi connectivity index (χ0v) is 17.5. The van der Waals surface area contributed by atoms with Gasteiger partial charge >= 0.3 is 0 Å². The van der Waals surface area contributed by atoms with E-state index in [4.69, 9.17) is 0 Å². The molecular formula is C20H20N4O3S2. The van der Waals surface area contributed by atoms with E-state index >= 15 is 0 Å². The van der Waals surface area contributed by atoms with Gasteiger partial charge in [0.25, 0.3) is 11.8 Å². The Morgan fingerprint density at radius 3 is 2.48 bits per heavy atom. The molecule has 9 heteroatoms. The summed E-state index contributed by atoms with van der Waals surface area (Å²) < 4.78 is 2.17. The molecule has 0 saturated carbocycles. The average molecular weight is 429 g/mol. The zero-order valence-electron chi connectivity index (χ0n) is 15.9. The maximum atomic E-state index is 12.2. The summed E-state index contributed by atoms with van der Waals surface area (Å²) in [4.78, 5) is 39.5. The number of nitrogens with one attached hydrogen (secondary N) is 3. The highest BCUT2D eigenvalue weighted by atomic mass is 32.2. The fourth-order valence-electron chi connectivity index (χ4n) is 2.48. The van der Waals surface area contributed by atoms with Crippen molar-refractivity contribution in [1.29, 1.82) is 0 Å². The second kappa shape index (κ2) is 9.53. The van der Waals surface area contributed by atoms with Crippen molar-refractivity contribution >= 4 is 51.0 Å². The fourth-order valence-corrected chi connectivity index (χ4v) is 4.50. The van der Waals surface area contributed by atoms with Crippen molar-refractivity contribution in [2.75, 3.05) is 0 Å². The van der Waals surface area contributed by atoms with Gasteiger partial charge in [-0.1, -0.05) is 36.0 Å². The van der Waals surface area contributed by atoms with Crippen LogP contribution in [0.15, 0.2) is 52.9 Å². The van der Waals surface area contributed by atoms with E-state index in [1.807, 2.05) is 30.3 Å². The van der Waals surface area contributed by atoms with E-state index < -0.39 is 17.9 Å². The van der Waals surface area contributed by atoms with Crippen LogP contribution in [0.1, 0.15) is 29.8 Å². The minimum absolute atomic E-state index is 0.321. The molecule has 0 aliphatic rings. The van der Waals surface area contributed by atoms with Crippen LogP contribution in [0.3, 0.4) is 0 Å². The Kier molecular flexibility index (Phi) is 6.84. The minimum Gasteiger partial charge on any atom is -0.345 e. The Bertz CT molecular complexity index is 1000. The maximum absolute atomic E-state index is 12.2. The summed E-state index contributed by atoms with van der Waals surface area (Å²) in [6.45, 7) is 2.85. The predicted molar refractivity (Wildman–Crippen MR) is 115 cm³/mol. The van der Waals surface area contributed by atoms with Crippen molar-refractivity contribution in [2.24, 2.45) is 0 Å². The molecule has 0 bridgehead atoms. The fraction of sp³-hybridized carbons (Fsp3) is 0.200. The predicted octanol–water partition coefficient (Wildman–Crippen LogP) is 2.87. The lowest BCUT2D eigenvalue weighted by Crippen LogP contribution is -2.50. The van der Waals surface area contributed by atoms with Crippen molar-refractivity contribution < 1.29 is 14.4 Å². The first-order valence-corrected chi connectivity index (χ1v) is 10.7. The van der Waals surface area contributed by atoms with Crippen molar-refractivity contribution in [3.05, 3.63) is 59.7 Å². The average Bonchev–Trinajstić information content (AvgIpc) is 3.13. The van der Waals surface area contributed by atoms with Gasteiger partial charge in [0, 0.05) is 18.2 Å². The highest BCUT2D eigenvalue weighted by Crippen LogP contribution is 2.31. The molecule has 0 fully saturated rings. The molecule has 150 valence electrons. The van der Waals surface area contributed by atoms with E-state index in [2.05, 4.69) is 27.2 Å². The number of hydrogen-bond acceptors (Lipinski definition) is 6. The van der Waals surface area contributed by atoms with Crippen LogP contribution in [-0.2, 0) is 15.3 Å². The van der Waals surface area contributed by atoms with E-state index in [-0.39, 0.29) is 5.91 Å². The number of benzene rings is 2. The Morgan fingerprint density at radius 1 is 1.07 bits per heavy atom. The van der Waals surface area contributed by atoms with Crippen LogP contribution in [-0.4, -0.2) is 28.7 Å². The zero-order chi connectivity index (χ0) is 20.8. The molecule has 0 spiro atoms. The van der Waals surface area contributed by atoms with Crippen LogP contribution in [0.4, 0.5) is 0 Å². The van der Waals surface area contributed by atoms with Crippen LogP contribution >= 0.6 is 23.1 Å². The molecule has 1 aromatic heterocycles. The highest BCUT2D eigenvalue weighted by Gasteiger charge is 2.14. The topological polar surface area (TPSA) is 100 Å². The number of thiazole rings is 1. The lowest BCUT2D eigenvalue weighted by molar-refractivity contribution is -0.128. The van der Waals surface area contributed by atoms with Gasteiger partial charge in [-0.3, -0.25) is 25.2 Å². The second-order valence-corrected chi connectivity index (χ2v) is 8.55. The molecule has 3 aromatic rings. The highest BCUT2D eigenvalue weighted by molar-refractivity contribution is 8.00. The van der Waals surface area contributed by atoms with Crippen molar-refractivity contribution in [3.8, 4) is 0 Å². The largest absolute Gasteiger partial charge is 0.345 e. The first-order valence-electron chi connectivity index (χ1n) is 8.87. The van der Waals surface area contributed by atoms with Crippen LogP contribution in [0, 0.1) is 0 Å². The van der Waals surface area contributed by atoms with Gasteiger partial charge in [0.1, 0.15) is 6.04 Å².